The molecule has 160 valence electrons. The van der Waals surface area contributed by atoms with Crippen molar-refractivity contribution in [1.29, 1.82) is 0 Å². The van der Waals surface area contributed by atoms with Gasteiger partial charge in [-0.25, -0.2) is 9.97 Å². The van der Waals surface area contributed by atoms with Crippen LogP contribution in [0.4, 0.5) is 17.3 Å². The Morgan fingerprint density at radius 2 is 2.17 bits per heavy atom. The standard InChI is InChI=1S/C18H20Cl2N6O4/c1-11-4-2-3-7-25(11)18-16(26(28)29)17(21-10-22-18)24-23-15(27)9-30-14-6-5-12(19)8-13(14)20/h5-6,8,10-11H,2-4,7,9H2,1H3,(H,23,27)(H,21,22,24). The fourth-order valence-corrected chi connectivity index (χ4v) is 3.62. The maximum absolute atomic E-state index is 12.1. The molecule has 0 aliphatic carbocycles. The lowest BCUT2D eigenvalue weighted by Crippen LogP contribution is -2.39. The van der Waals surface area contributed by atoms with Crippen LogP contribution in [0.3, 0.4) is 0 Å². The number of hydrogen-bond acceptors (Lipinski definition) is 8. The van der Waals surface area contributed by atoms with Gasteiger partial charge >= 0.3 is 5.69 Å². The van der Waals surface area contributed by atoms with Crippen molar-refractivity contribution in [2.45, 2.75) is 32.2 Å². The number of benzene rings is 1. The van der Waals surface area contributed by atoms with E-state index in [4.69, 9.17) is 27.9 Å². The molecular formula is C18H20Cl2N6O4. The van der Waals surface area contributed by atoms with Gasteiger partial charge in [-0.05, 0) is 44.4 Å². The lowest BCUT2D eigenvalue weighted by Gasteiger charge is -2.33. The molecule has 0 radical (unpaired) electrons. The molecule has 1 saturated heterocycles. The number of nitrogens with zero attached hydrogens (tertiary/aromatic N) is 4. The number of piperidine rings is 1. The van der Waals surface area contributed by atoms with Crippen LogP contribution in [0.5, 0.6) is 5.75 Å². The number of carbonyl (C=O) groups excluding carboxylic acids is 1. The van der Waals surface area contributed by atoms with Crippen molar-refractivity contribution in [2.24, 2.45) is 0 Å². The zero-order chi connectivity index (χ0) is 21.7. The maximum atomic E-state index is 12.1. The molecule has 1 aromatic heterocycles. The molecule has 2 aromatic rings. The van der Waals surface area contributed by atoms with Gasteiger partial charge in [0, 0.05) is 17.6 Å². The van der Waals surface area contributed by atoms with E-state index in [9.17, 15) is 14.9 Å². The molecule has 1 unspecified atom stereocenters. The number of nitrogens with one attached hydrogen (secondary N) is 2. The highest BCUT2D eigenvalue weighted by Gasteiger charge is 2.31. The minimum Gasteiger partial charge on any atom is -0.482 e. The van der Waals surface area contributed by atoms with Gasteiger partial charge in [-0.3, -0.25) is 25.8 Å². The number of nitro groups is 1. The number of hydrogen-bond donors (Lipinski definition) is 2. The van der Waals surface area contributed by atoms with Gasteiger partial charge in [-0.1, -0.05) is 23.2 Å². The van der Waals surface area contributed by atoms with E-state index in [0.717, 1.165) is 19.3 Å². The first kappa shape index (κ1) is 21.8. The second kappa shape index (κ2) is 9.77. The molecule has 30 heavy (non-hydrogen) atoms. The fraction of sp³-hybridized carbons (Fsp3) is 0.389. The Kier molecular flexibility index (Phi) is 7.11. The molecule has 1 aliphatic rings. The zero-order valence-corrected chi connectivity index (χ0v) is 17.6. The summed E-state index contributed by atoms with van der Waals surface area (Å²) in [5, 5.41) is 12.4. The number of amides is 1. The van der Waals surface area contributed by atoms with E-state index in [1.54, 1.807) is 6.07 Å². The van der Waals surface area contributed by atoms with Crippen molar-refractivity contribution in [3.63, 3.8) is 0 Å². The summed E-state index contributed by atoms with van der Waals surface area (Å²) in [6.45, 7) is 2.29. The SMILES string of the molecule is CC1CCCCN1c1ncnc(NNC(=O)COc2ccc(Cl)cc2Cl)c1[N+](=O)[O-]. The largest absolute Gasteiger partial charge is 0.482 e. The minimum absolute atomic E-state index is 0.111. The number of anilines is 2. The first-order chi connectivity index (χ1) is 14.4. The molecular weight excluding hydrogens is 435 g/mol. The van der Waals surface area contributed by atoms with Gasteiger partial charge in [0.25, 0.3) is 5.91 Å². The summed E-state index contributed by atoms with van der Waals surface area (Å²) < 4.78 is 5.34. The van der Waals surface area contributed by atoms with Crippen LogP contribution in [-0.4, -0.2) is 40.0 Å². The average Bonchev–Trinajstić information content (AvgIpc) is 2.71. The number of hydrazine groups is 1. The Balaban J connectivity index is 1.67. The summed E-state index contributed by atoms with van der Waals surface area (Å²) in [6.07, 6.45) is 4.14. The van der Waals surface area contributed by atoms with Crippen LogP contribution in [0, 0.1) is 10.1 Å². The molecule has 1 fully saturated rings. The zero-order valence-electron chi connectivity index (χ0n) is 16.1. The summed E-state index contributed by atoms with van der Waals surface area (Å²) in [5.41, 5.74) is 4.54. The molecule has 3 rings (SSSR count). The predicted octanol–water partition coefficient (Wildman–Crippen LogP) is 3.59. The Hall–Kier alpha value is -2.85. The van der Waals surface area contributed by atoms with Gasteiger partial charge < -0.3 is 9.64 Å². The average molecular weight is 455 g/mol. The van der Waals surface area contributed by atoms with E-state index in [0.29, 0.717) is 11.6 Å². The molecule has 2 heterocycles. The minimum atomic E-state index is -0.582. The monoisotopic (exact) mass is 454 g/mol. The van der Waals surface area contributed by atoms with Gasteiger partial charge in [0.1, 0.15) is 12.1 Å². The maximum Gasteiger partial charge on any atom is 0.355 e. The lowest BCUT2D eigenvalue weighted by molar-refractivity contribution is -0.383. The molecule has 1 atom stereocenters. The van der Waals surface area contributed by atoms with Crippen LogP contribution in [0.15, 0.2) is 24.5 Å². The first-order valence-corrected chi connectivity index (χ1v) is 10.0. The molecule has 1 aliphatic heterocycles. The van der Waals surface area contributed by atoms with Crippen molar-refractivity contribution in [1.82, 2.24) is 15.4 Å². The molecule has 12 heteroatoms. The van der Waals surface area contributed by atoms with Crippen LogP contribution in [0.25, 0.3) is 0 Å². The number of aromatic nitrogens is 2. The van der Waals surface area contributed by atoms with Gasteiger partial charge in [-0.2, -0.15) is 0 Å². The van der Waals surface area contributed by atoms with E-state index in [2.05, 4.69) is 20.8 Å². The smallest absolute Gasteiger partial charge is 0.355 e. The second-order valence-corrected chi connectivity index (χ2v) is 7.57. The van der Waals surface area contributed by atoms with Crippen molar-refractivity contribution < 1.29 is 14.5 Å². The van der Waals surface area contributed by atoms with Crippen LogP contribution in [0.2, 0.25) is 10.0 Å². The first-order valence-electron chi connectivity index (χ1n) is 9.25. The van der Waals surface area contributed by atoms with Crippen LogP contribution in [0.1, 0.15) is 26.2 Å². The van der Waals surface area contributed by atoms with Crippen LogP contribution < -0.4 is 20.5 Å². The third-order valence-corrected chi connectivity index (χ3v) is 5.16. The quantitative estimate of drug-likeness (QED) is 0.480. The Morgan fingerprint density at radius 1 is 1.37 bits per heavy atom. The predicted molar refractivity (Wildman–Crippen MR) is 113 cm³/mol. The second-order valence-electron chi connectivity index (χ2n) is 6.73. The highest BCUT2D eigenvalue weighted by atomic mass is 35.5. The van der Waals surface area contributed by atoms with Gasteiger partial charge in [0.05, 0.1) is 9.95 Å². The Labute approximate surface area is 182 Å². The third-order valence-electron chi connectivity index (χ3n) is 4.63. The van der Waals surface area contributed by atoms with Crippen molar-refractivity contribution in [2.75, 3.05) is 23.5 Å². The lowest BCUT2D eigenvalue weighted by atomic mass is 10.0. The molecule has 0 saturated carbocycles. The summed E-state index contributed by atoms with van der Waals surface area (Å²) in [5.74, 6) is -0.184. The molecule has 10 nitrogen and oxygen atoms in total. The van der Waals surface area contributed by atoms with E-state index >= 15 is 0 Å². The Morgan fingerprint density at radius 3 is 2.87 bits per heavy atom. The molecule has 1 amide bonds. The van der Waals surface area contributed by atoms with Crippen LogP contribution >= 0.6 is 23.2 Å². The third kappa shape index (κ3) is 5.19. The summed E-state index contributed by atoms with van der Waals surface area (Å²) in [6, 6.07) is 4.72. The topological polar surface area (TPSA) is 123 Å². The molecule has 2 N–H and O–H groups in total. The summed E-state index contributed by atoms with van der Waals surface area (Å²) in [7, 11) is 0. The van der Waals surface area contributed by atoms with E-state index in [1.165, 1.54) is 18.5 Å². The number of ether oxygens (including phenoxy) is 1. The van der Waals surface area contributed by atoms with E-state index in [-0.39, 0.29) is 40.7 Å². The fourth-order valence-electron chi connectivity index (χ4n) is 3.15. The highest BCUT2D eigenvalue weighted by Crippen LogP contribution is 2.34. The van der Waals surface area contributed by atoms with Gasteiger partial charge in [0.2, 0.25) is 11.6 Å². The highest BCUT2D eigenvalue weighted by molar-refractivity contribution is 6.35. The number of carbonyl (C=O) groups is 1. The van der Waals surface area contributed by atoms with Crippen molar-refractivity contribution in [3.05, 3.63) is 44.7 Å². The summed E-state index contributed by atoms with van der Waals surface area (Å²) >= 11 is 11.8. The molecule has 0 bridgehead atoms. The molecule has 0 spiro atoms. The number of rotatable bonds is 7. The summed E-state index contributed by atoms with van der Waals surface area (Å²) in [4.78, 5) is 33.2. The Bertz CT molecular complexity index is 945. The van der Waals surface area contributed by atoms with Gasteiger partial charge in [-0.15, -0.1) is 0 Å². The van der Waals surface area contributed by atoms with Crippen molar-refractivity contribution >= 4 is 46.4 Å². The van der Waals surface area contributed by atoms with E-state index < -0.39 is 10.8 Å². The molecule has 1 aromatic carbocycles. The number of halogens is 2. The van der Waals surface area contributed by atoms with Crippen LogP contribution in [-0.2, 0) is 4.79 Å². The van der Waals surface area contributed by atoms with Crippen molar-refractivity contribution in [3.8, 4) is 5.75 Å². The van der Waals surface area contributed by atoms with E-state index in [1.807, 2.05) is 11.8 Å². The normalized spacial score (nSPS) is 16.1. The van der Waals surface area contributed by atoms with Gasteiger partial charge in [0.15, 0.2) is 6.61 Å².